The molecule has 0 aromatic heterocycles. The Morgan fingerprint density at radius 1 is 1.21 bits per heavy atom. The molecule has 0 atom stereocenters. The summed E-state index contributed by atoms with van der Waals surface area (Å²) in [6.45, 7) is 0. The summed E-state index contributed by atoms with van der Waals surface area (Å²) in [5, 5.41) is 11.0. The number of benzene rings is 2. The molecule has 0 radical (unpaired) electrons. The van der Waals surface area contributed by atoms with Crippen LogP contribution in [-0.4, -0.2) is 4.92 Å². The van der Waals surface area contributed by atoms with Crippen LogP contribution in [0.4, 0.5) is 10.1 Å². The topological polar surface area (TPSA) is 52.4 Å². The van der Waals surface area contributed by atoms with Crippen molar-refractivity contribution in [3.63, 3.8) is 0 Å². The molecule has 0 aliphatic carbocycles. The van der Waals surface area contributed by atoms with Gasteiger partial charge in [0.15, 0.2) is 0 Å². The van der Waals surface area contributed by atoms with Crippen molar-refractivity contribution in [3.8, 4) is 11.5 Å². The second-order valence-electron chi connectivity index (χ2n) is 3.55. The first-order chi connectivity index (χ1) is 8.97. The summed E-state index contributed by atoms with van der Waals surface area (Å²) in [6.07, 6.45) is 0. The maximum atomic E-state index is 12.9. The van der Waals surface area contributed by atoms with Crippen molar-refractivity contribution in [2.75, 3.05) is 0 Å². The second-order valence-corrected chi connectivity index (χ2v) is 4.87. The summed E-state index contributed by atoms with van der Waals surface area (Å²) < 4.78 is 18.8. The van der Waals surface area contributed by atoms with Crippen LogP contribution < -0.4 is 4.74 Å². The van der Waals surface area contributed by atoms with Gasteiger partial charge in [-0.05, 0) is 30.3 Å². The van der Waals surface area contributed by atoms with Crippen molar-refractivity contribution in [2.45, 2.75) is 0 Å². The van der Waals surface area contributed by atoms with Crippen molar-refractivity contribution in [3.05, 3.63) is 61.8 Å². The number of nitrogens with zero attached hydrogens (tertiary/aromatic N) is 1. The Bertz CT molecular complexity index is 651. The summed E-state index contributed by atoms with van der Waals surface area (Å²) >= 11 is 8.94. The molecule has 0 saturated carbocycles. The van der Waals surface area contributed by atoms with Crippen molar-refractivity contribution < 1.29 is 14.1 Å². The molecule has 0 saturated heterocycles. The lowest BCUT2D eigenvalue weighted by atomic mass is 10.3. The van der Waals surface area contributed by atoms with E-state index in [9.17, 15) is 14.5 Å². The van der Waals surface area contributed by atoms with Crippen molar-refractivity contribution in [1.29, 1.82) is 0 Å². The molecular weight excluding hydrogens is 340 g/mol. The Morgan fingerprint density at radius 2 is 1.89 bits per heavy atom. The lowest BCUT2D eigenvalue weighted by Crippen LogP contribution is -1.94. The Balaban J connectivity index is 2.40. The highest BCUT2D eigenvalue weighted by molar-refractivity contribution is 9.10. The van der Waals surface area contributed by atoms with Crippen LogP contribution in [0.25, 0.3) is 0 Å². The number of halogens is 3. The van der Waals surface area contributed by atoms with E-state index < -0.39 is 10.7 Å². The molecule has 0 spiro atoms. The number of hydrogen-bond acceptors (Lipinski definition) is 3. The van der Waals surface area contributed by atoms with Crippen LogP contribution in [0.1, 0.15) is 0 Å². The van der Waals surface area contributed by atoms with Gasteiger partial charge in [0.05, 0.1) is 9.95 Å². The summed E-state index contributed by atoms with van der Waals surface area (Å²) in [7, 11) is 0. The van der Waals surface area contributed by atoms with Crippen LogP contribution in [0.2, 0.25) is 5.02 Å². The van der Waals surface area contributed by atoms with E-state index in [4.69, 9.17) is 16.3 Å². The van der Waals surface area contributed by atoms with Gasteiger partial charge in [-0.3, -0.25) is 10.1 Å². The van der Waals surface area contributed by atoms with Crippen molar-refractivity contribution >= 4 is 33.2 Å². The zero-order chi connectivity index (χ0) is 14.0. The van der Waals surface area contributed by atoms with Gasteiger partial charge < -0.3 is 4.74 Å². The van der Waals surface area contributed by atoms with Gasteiger partial charge in [0.2, 0.25) is 5.75 Å². The lowest BCUT2D eigenvalue weighted by molar-refractivity contribution is -0.385. The number of nitro groups is 1. The molecular formula is C12H6BrClFNO3. The molecule has 0 fully saturated rings. The third-order valence-corrected chi connectivity index (χ3v) is 3.02. The summed E-state index contributed by atoms with van der Waals surface area (Å²) in [4.78, 5) is 10.3. The second kappa shape index (κ2) is 5.54. The van der Waals surface area contributed by atoms with E-state index in [1.54, 1.807) is 6.07 Å². The molecule has 2 aromatic rings. The van der Waals surface area contributed by atoms with Crippen LogP contribution in [0.15, 0.2) is 40.9 Å². The summed E-state index contributed by atoms with van der Waals surface area (Å²) in [6, 6.07) is 7.88. The van der Waals surface area contributed by atoms with Gasteiger partial charge in [-0.25, -0.2) is 4.39 Å². The normalized spacial score (nSPS) is 10.3. The third-order valence-electron chi connectivity index (χ3n) is 2.23. The molecule has 7 heteroatoms. The first-order valence-corrected chi connectivity index (χ1v) is 6.21. The predicted molar refractivity (Wildman–Crippen MR) is 72.3 cm³/mol. The fourth-order valence-electron chi connectivity index (χ4n) is 1.40. The van der Waals surface area contributed by atoms with Gasteiger partial charge in [0.25, 0.3) is 0 Å². The minimum absolute atomic E-state index is 0.0294. The molecule has 2 rings (SSSR count). The minimum atomic E-state index is -0.572. The van der Waals surface area contributed by atoms with Gasteiger partial charge >= 0.3 is 5.69 Å². The number of nitro benzene ring substituents is 1. The molecule has 0 amide bonds. The highest BCUT2D eigenvalue weighted by Crippen LogP contribution is 2.36. The molecule has 0 aliphatic rings. The molecule has 0 unspecified atom stereocenters. The van der Waals surface area contributed by atoms with Crippen molar-refractivity contribution in [2.24, 2.45) is 0 Å². The van der Waals surface area contributed by atoms with Gasteiger partial charge in [-0.1, -0.05) is 27.5 Å². The zero-order valence-electron chi connectivity index (χ0n) is 9.27. The average molecular weight is 347 g/mol. The van der Waals surface area contributed by atoms with Crippen LogP contribution >= 0.6 is 27.5 Å². The van der Waals surface area contributed by atoms with Gasteiger partial charge in [-0.15, -0.1) is 0 Å². The van der Waals surface area contributed by atoms with Gasteiger partial charge in [0, 0.05) is 10.5 Å². The Kier molecular flexibility index (Phi) is 4.01. The molecule has 0 aliphatic heterocycles. The van der Waals surface area contributed by atoms with E-state index in [1.165, 1.54) is 18.2 Å². The largest absolute Gasteiger partial charge is 0.449 e. The standard InChI is InChI=1S/C12H6BrClFNO3/c13-7-1-3-12(10(5-7)16(17)18)19-11-4-2-8(15)6-9(11)14/h1-6H. The highest BCUT2D eigenvalue weighted by Gasteiger charge is 2.17. The number of ether oxygens (including phenoxy) is 1. The number of rotatable bonds is 3. The van der Waals surface area contributed by atoms with Gasteiger partial charge in [-0.2, -0.15) is 0 Å². The van der Waals surface area contributed by atoms with E-state index in [1.807, 2.05) is 0 Å². The first kappa shape index (κ1) is 13.8. The first-order valence-electron chi connectivity index (χ1n) is 5.04. The average Bonchev–Trinajstić information content (AvgIpc) is 2.34. The molecule has 98 valence electrons. The minimum Gasteiger partial charge on any atom is -0.449 e. The monoisotopic (exact) mass is 345 g/mol. The Morgan fingerprint density at radius 3 is 2.53 bits per heavy atom. The van der Waals surface area contributed by atoms with Crippen LogP contribution in [0.3, 0.4) is 0 Å². The number of hydrogen-bond donors (Lipinski definition) is 0. The quantitative estimate of drug-likeness (QED) is 0.584. The van der Waals surface area contributed by atoms with E-state index in [2.05, 4.69) is 15.9 Å². The lowest BCUT2D eigenvalue weighted by Gasteiger charge is -2.08. The van der Waals surface area contributed by atoms with E-state index in [-0.39, 0.29) is 22.2 Å². The van der Waals surface area contributed by atoms with Crippen LogP contribution in [0.5, 0.6) is 11.5 Å². The molecule has 2 aromatic carbocycles. The smallest absolute Gasteiger partial charge is 0.312 e. The molecule has 0 N–H and O–H groups in total. The maximum absolute atomic E-state index is 12.9. The van der Waals surface area contributed by atoms with Crippen LogP contribution in [0, 0.1) is 15.9 Å². The van der Waals surface area contributed by atoms with Crippen LogP contribution in [-0.2, 0) is 0 Å². The third kappa shape index (κ3) is 3.21. The fraction of sp³-hybridized carbons (Fsp3) is 0. The summed E-state index contributed by atoms with van der Waals surface area (Å²) in [5.41, 5.74) is -0.213. The Labute approximate surface area is 121 Å². The fourth-order valence-corrected chi connectivity index (χ4v) is 1.95. The summed E-state index contributed by atoms with van der Waals surface area (Å²) in [5.74, 6) is -0.335. The molecule has 4 nitrogen and oxygen atoms in total. The van der Waals surface area contributed by atoms with E-state index >= 15 is 0 Å². The molecule has 0 bridgehead atoms. The van der Waals surface area contributed by atoms with E-state index in [0.717, 1.165) is 12.1 Å². The molecule has 0 heterocycles. The molecule has 19 heavy (non-hydrogen) atoms. The SMILES string of the molecule is O=[N+]([O-])c1cc(Br)ccc1Oc1ccc(F)cc1Cl. The van der Waals surface area contributed by atoms with E-state index in [0.29, 0.717) is 4.47 Å². The van der Waals surface area contributed by atoms with Gasteiger partial charge in [0.1, 0.15) is 11.6 Å². The van der Waals surface area contributed by atoms with Crippen molar-refractivity contribution in [1.82, 2.24) is 0 Å². The predicted octanol–water partition coefficient (Wildman–Crippen LogP) is 4.94. The Hall–Kier alpha value is -1.66. The zero-order valence-corrected chi connectivity index (χ0v) is 11.6. The highest BCUT2D eigenvalue weighted by atomic mass is 79.9. The maximum Gasteiger partial charge on any atom is 0.312 e.